The number of benzene rings is 2. The Morgan fingerprint density at radius 2 is 1.39 bits per heavy atom. The second-order valence-electron chi connectivity index (χ2n) is 5.09. The molecular weight excluding hydrogens is 312 g/mol. The van der Waals surface area contributed by atoms with Crippen molar-refractivity contribution in [2.45, 2.75) is 9.79 Å². The molecule has 0 fully saturated rings. The molecule has 0 radical (unpaired) electrons. The molecular formula is C17H18N2O3S. The zero-order valence-electron chi connectivity index (χ0n) is 12.6. The number of hydrogen-bond acceptors (Lipinski definition) is 4. The lowest BCUT2D eigenvalue weighted by molar-refractivity contribution is 0.164. The molecule has 120 valence electrons. The van der Waals surface area contributed by atoms with Gasteiger partial charge < -0.3 is 15.1 Å². The van der Waals surface area contributed by atoms with Crippen LogP contribution in [0.5, 0.6) is 0 Å². The second kappa shape index (κ2) is 7.04. The number of urea groups is 1. The van der Waals surface area contributed by atoms with Crippen LogP contribution in [0.15, 0.2) is 58.3 Å². The summed E-state index contributed by atoms with van der Waals surface area (Å²) in [5.74, 6) is 0. The number of fused-ring (bicyclic) bond motifs is 2. The summed E-state index contributed by atoms with van der Waals surface area (Å²) in [7, 11) is 0. The van der Waals surface area contributed by atoms with Gasteiger partial charge in [0.1, 0.15) is 0 Å². The maximum atomic E-state index is 13.0. The van der Waals surface area contributed by atoms with Crippen molar-refractivity contribution in [1.29, 1.82) is 0 Å². The third-order valence-corrected chi connectivity index (χ3v) is 4.76. The van der Waals surface area contributed by atoms with Crippen molar-refractivity contribution in [2.75, 3.05) is 31.2 Å². The van der Waals surface area contributed by atoms with E-state index in [0.717, 1.165) is 21.2 Å². The van der Waals surface area contributed by atoms with Gasteiger partial charge in [-0.25, -0.2) is 4.79 Å². The van der Waals surface area contributed by atoms with Gasteiger partial charge in [-0.15, -0.1) is 0 Å². The molecule has 2 N–H and O–H groups in total. The van der Waals surface area contributed by atoms with Crippen molar-refractivity contribution in [1.82, 2.24) is 4.90 Å². The highest BCUT2D eigenvalue weighted by Crippen LogP contribution is 2.48. The van der Waals surface area contributed by atoms with Crippen LogP contribution in [0.4, 0.5) is 16.2 Å². The molecule has 0 saturated carbocycles. The van der Waals surface area contributed by atoms with Crippen molar-refractivity contribution in [3.8, 4) is 0 Å². The number of rotatable bonds is 4. The van der Waals surface area contributed by atoms with Gasteiger partial charge in [0.15, 0.2) is 0 Å². The minimum absolute atomic E-state index is 0.141. The number of hydrogen-bond donors (Lipinski definition) is 2. The fourth-order valence-corrected chi connectivity index (χ4v) is 3.65. The van der Waals surface area contributed by atoms with Gasteiger partial charge in [-0.2, -0.15) is 0 Å². The minimum Gasteiger partial charge on any atom is -0.395 e. The van der Waals surface area contributed by atoms with Gasteiger partial charge in [0.25, 0.3) is 0 Å². The van der Waals surface area contributed by atoms with Gasteiger partial charge in [0, 0.05) is 22.9 Å². The lowest BCUT2D eigenvalue weighted by Gasteiger charge is -2.34. The predicted octanol–water partition coefficient (Wildman–Crippen LogP) is 2.70. The topological polar surface area (TPSA) is 64.0 Å². The van der Waals surface area contributed by atoms with Crippen LogP contribution in [-0.4, -0.2) is 47.4 Å². The molecule has 0 atom stereocenters. The van der Waals surface area contributed by atoms with Gasteiger partial charge in [0.05, 0.1) is 24.6 Å². The molecule has 0 aliphatic carbocycles. The Labute approximate surface area is 139 Å². The number of anilines is 2. The molecule has 1 aliphatic heterocycles. The first-order valence-electron chi connectivity index (χ1n) is 7.43. The fourth-order valence-electron chi connectivity index (χ4n) is 2.60. The Morgan fingerprint density at radius 3 is 1.87 bits per heavy atom. The van der Waals surface area contributed by atoms with E-state index in [1.807, 2.05) is 48.5 Å². The van der Waals surface area contributed by atoms with E-state index in [9.17, 15) is 15.0 Å². The van der Waals surface area contributed by atoms with Crippen LogP contribution in [-0.2, 0) is 0 Å². The lowest BCUT2D eigenvalue weighted by atomic mass is 10.2. The average Bonchev–Trinajstić information content (AvgIpc) is 2.59. The minimum atomic E-state index is -0.242. The highest BCUT2D eigenvalue weighted by molar-refractivity contribution is 7.99. The molecule has 2 aromatic carbocycles. The van der Waals surface area contributed by atoms with E-state index in [0.29, 0.717) is 0 Å². The van der Waals surface area contributed by atoms with E-state index in [1.165, 1.54) is 4.90 Å². The molecule has 1 aliphatic rings. The molecule has 0 aromatic heterocycles. The Bertz CT molecular complexity index is 656. The molecule has 0 unspecified atom stereocenters. The third kappa shape index (κ3) is 3.06. The van der Waals surface area contributed by atoms with E-state index in [4.69, 9.17) is 0 Å². The summed E-state index contributed by atoms with van der Waals surface area (Å²) in [6, 6.07) is 15.2. The molecule has 2 amide bonds. The molecule has 6 heteroatoms. The number of nitrogens with zero attached hydrogens (tertiary/aromatic N) is 2. The maximum Gasteiger partial charge on any atom is 0.329 e. The van der Waals surface area contributed by atoms with E-state index in [2.05, 4.69) is 0 Å². The Morgan fingerprint density at radius 1 is 0.913 bits per heavy atom. The molecule has 0 saturated heterocycles. The SMILES string of the molecule is O=C(N(CCO)CCO)N1c2ccccc2Sc2ccccc21. The van der Waals surface area contributed by atoms with E-state index in [1.54, 1.807) is 16.7 Å². The van der Waals surface area contributed by atoms with Crippen molar-refractivity contribution in [3.63, 3.8) is 0 Å². The van der Waals surface area contributed by atoms with Gasteiger partial charge >= 0.3 is 6.03 Å². The summed E-state index contributed by atoms with van der Waals surface area (Å²) in [4.78, 5) is 18.2. The Kier molecular flexibility index (Phi) is 4.85. The smallest absolute Gasteiger partial charge is 0.329 e. The number of aliphatic hydroxyl groups excluding tert-OH is 2. The summed E-state index contributed by atoms with van der Waals surface area (Å²) >= 11 is 1.63. The summed E-state index contributed by atoms with van der Waals surface area (Å²) in [6.45, 7) is 0.0932. The van der Waals surface area contributed by atoms with Crippen LogP contribution in [0.1, 0.15) is 0 Å². The normalized spacial score (nSPS) is 12.5. The number of carbonyl (C=O) groups excluding carboxylic acids is 1. The molecule has 23 heavy (non-hydrogen) atoms. The highest BCUT2D eigenvalue weighted by atomic mass is 32.2. The number of para-hydroxylation sites is 2. The van der Waals surface area contributed by atoms with E-state index >= 15 is 0 Å². The van der Waals surface area contributed by atoms with Crippen LogP contribution < -0.4 is 4.90 Å². The largest absolute Gasteiger partial charge is 0.395 e. The first-order chi connectivity index (χ1) is 11.3. The van der Waals surface area contributed by atoms with Crippen LogP contribution in [0, 0.1) is 0 Å². The van der Waals surface area contributed by atoms with Gasteiger partial charge in [-0.1, -0.05) is 36.0 Å². The molecule has 0 spiro atoms. The summed E-state index contributed by atoms with van der Waals surface area (Å²) in [5, 5.41) is 18.4. The standard InChI is InChI=1S/C17H18N2O3S/c20-11-9-18(10-12-21)17(22)19-13-5-1-3-7-15(13)23-16-8-4-2-6-14(16)19/h1-8,20-21H,9-12H2. The quantitative estimate of drug-likeness (QED) is 0.905. The average molecular weight is 330 g/mol. The van der Waals surface area contributed by atoms with Crippen LogP contribution in [0.3, 0.4) is 0 Å². The molecule has 5 nitrogen and oxygen atoms in total. The fraction of sp³-hybridized carbons (Fsp3) is 0.235. The highest BCUT2D eigenvalue weighted by Gasteiger charge is 2.30. The summed E-state index contributed by atoms with van der Waals surface area (Å²) in [6.07, 6.45) is 0. The zero-order chi connectivity index (χ0) is 16.2. The third-order valence-electron chi connectivity index (χ3n) is 3.63. The maximum absolute atomic E-state index is 13.0. The lowest BCUT2D eigenvalue weighted by Crippen LogP contribution is -2.44. The Balaban J connectivity index is 2.05. The first kappa shape index (κ1) is 15.9. The van der Waals surface area contributed by atoms with Crippen LogP contribution in [0.2, 0.25) is 0 Å². The van der Waals surface area contributed by atoms with Gasteiger partial charge in [0.2, 0.25) is 0 Å². The monoisotopic (exact) mass is 330 g/mol. The second-order valence-corrected chi connectivity index (χ2v) is 6.17. The van der Waals surface area contributed by atoms with Crippen LogP contribution >= 0.6 is 11.8 Å². The van der Waals surface area contributed by atoms with E-state index < -0.39 is 0 Å². The molecule has 1 heterocycles. The number of carbonyl (C=O) groups is 1. The Hall–Kier alpha value is -2.02. The first-order valence-corrected chi connectivity index (χ1v) is 8.24. The molecule has 2 aromatic rings. The number of amides is 2. The zero-order valence-corrected chi connectivity index (χ0v) is 13.4. The summed E-state index contributed by atoms with van der Waals surface area (Å²) < 4.78 is 0. The number of aliphatic hydroxyl groups is 2. The van der Waals surface area contributed by atoms with Crippen molar-refractivity contribution >= 4 is 29.2 Å². The van der Waals surface area contributed by atoms with Crippen molar-refractivity contribution < 1.29 is 15.0 Å². The van der Waals surface area contributed by atoms with Crippen LogP contribution in [0.25, 0.3) is 0 Å². The van der Waals surface area contributed by atoms with E-state index in [-0.39, 0.29) is 32.3 Å². The predicted molar refractivity (Wildman–Crippen MR) is 90.3 cm³/mol. The van der Waals surface area contributed by atoms with Crippen molar-refractivity contribution in [2.24, 2.45) is 0 Å². The summed E-state index contributed by atoms with van der Waals surface area (Å²) in [5.41, 5.74) is 1.64. The van der Waals surface area contributed by atoms with Gasteiger partial charge in [-0.3, -0.25) is 4.90 Å². The van der Waals surface area contributed by atoms with Gasteiger partial charge in [-0.05, 0) is 24.3 Å². The molecule has 0 bridgehead atoms. The molecule has 3 rings (SSSR count). The van der Waals surface area contributed by atoms with Crippen molar-refractivity contribution in [3.05, 3.63) is 48.5 Å².